The van der Waals surface area contributed by atoms with Gasteiger partial charge in [-0.05, 0) is 18.1 Å². The first-order valence-electron chi connectivity index (χ1n) is 8.02. The van der Waals surface area contributed by atoms with E-state index in [1.807, 2.05) is 12.1 Å². The van der Waals surface area contributed by atoms with Gasteiger partial charge < -0.3 is 14.8 Å². The largest absolute Gasteiger partial charge is 0.482 e. The molecule has 5 nitrogen and oxygen atoms in total. The molecule has 2 rings (SSSR count). The van der Waals surface area contributed by atoms with Crippen LogP contribution in [-0.2, 0) is 9.53 Å². The summed E-state index contributed by atoms with van der Waals surface area (Å²) in [5, 5.41) is 3.36. The summed E-state index contributed by atoms with van der Waals surface area (Å²) >= 11 is 5.98. The van der Waals surface area contributed by atoms with Gasteiger partial charge in [-0.2, -0.15) is 0 Å². The third-order valence-electron chi connectivity index (χ3n) is 3.57. The second kappa shape index (κ2) is 9.11. The molecule has 0 aliphatic carbocycles. The number of nitrogens with one attached hydrogen (secondary N) is 1. The van der Waals surface area contributed by atoms with Crippen LogP contribution >= 0.6 is 11.6 Å². The summed E-state index contributed by atoms with van der Waals surface area (Å²) in [5.41, 5.74) is 0. The Kier molecular flexibility index (Phi) is 7.15. The molecule has 0 radical (unpaired) electrons. The zero-order valence-electron chi connectivity index (χ0n) is 13.8. The summed E-state index contributed by atoms with van der Waals surface area (Å²) in [6.45, 7) is 8.44. The second-order valence-electron chi connectivity index (χ2n) is 6.17. The van der Waals surface area contributed by atoms with Gasteiger partial charge in [-0.1, -0.05) is 37.6 Å². The SMILES string of the molecule is CC(C)CN1CCOC(CNC(=O)COc2ccccc2Cl)C1. The molecule has 1 saturated heterocycles. The molecule has 1 atom stereocenters. The maximum Gasteiger partial charge on any atom is 0.258 e. The van der Waals surface area contributed by atoms with Crippen LogP contribution in [-0.4, -0.2) is 56.3 Å². The number of rotatable bonds is 7. The highest BCUT2D eigenvalue weighted by Gasteiger charge is 2.21. The van der Waals surface area contributed by atoms with Crippen LogP contribution in [0, 0.1) is 5.92 Å². The molecule has 1 amide bonds. The average Bonchev–Trinajstić information content (AvgIpc) is 2.52. The number of hydrogen-bond acceptors (Lipinski definition) is 4. The van der Waals surface area contributed by atoms with Crippen molar-refractivity contribution in [3.8, 4) is 5.75 Å². The molecule has 1 N–H and O–H groups in total. The van der Waals surface area contributed by atoms with Gasteiger partial charge in [0, 0.05) is 26.2 Å². The Hall–Kier alpha value is -1.30. The van der Waals surface area contributed by atoms with Crippen LogP contribution in [0.1, 0.15) is 13.8 Å². The van der Waals surface area contributed by atoms with Gasteiger partial charge in [-0.3, -0.25) is 9.69 Å². The molecule has 1 aromatic carbocycles. The molecule has 6 heteroatoms. The lowest BCUT2D eigenvalue weighted by molar-refractivity contribution is -0.124. The molecule has 1 aliphatic heterocycles. The highest BCUT2D eigenvalue weighted by molar-refractivity contribution is 6.32. The van der Waals surface area contributed by atoms with E-state index in [0.29, 0.717) is 29.8 Å². The van der Waals surface area contributed by atoms with E-state index in [-0.39, 0.29) is 18.6 Å². The molecular formula is C17H25ClN2O3. The Morgan fingerprint density at radius 3 is 3.00 bits per heavy atom. The number of morpholine rings is 1. The number of para-hydroxylation sites is 1. The normalized spacial score (nSPS) is 18.9. The summed E-state index contributed by atoms with van der Waals surface area (Å²) in [4.78, 5) is 14.3. The van der Waals surface area contributed by atoms with Gasteiger partial charge >= 0.3 is 0 Å². The van der Waals surface area contributed by atoms with E-state index in [1.165, 1.54) is 0 Å². The van der Waals surface area contributed by atoms with Crippen LogP contribution in [0.4, 0.5) is 0 Å². The Morgan fingerprint density at radius 1 is 1.48 bits per heavy atom. The van der Waals surface area contributed by atoms with Crippen LogP contribution in [0.5, 0.6) is 5.75 Å². The maximum atomic E-state index is 11.9. The number of carbonyl (C=O) groups excluding carboxylic acids is 1. The van der Waals surface area contributed by atoms with E-state index in [1.54, 1.807) is 12.1 Å². The van der Waals surface area contributed by atoms with Crippen molar-refractivity contribution in [2.24, 2.45) is 5.92 Å². The van der Waals surface area contributed by atoms with Crippen molar-refractivity contribution in [3.05, 3.63) is 29.3 Å². The van der Waals surface area contributed by atoms with Crippen LogP contribution in [0.2, 0.25) is 5.02 Å². The Labute approximate surface area is 142 Å². The van der Waals surface area contributed by atoms with Gasteiger partial charge in [0.25, 0.3) is 5.91 Å². The first-order valence-corrected chi connectivity index (χ1v) is 8.40. The molecule has 23 heavy (non-hydrogen) atoms. The minimum Gasteiger partial charge on any atom is -0.482 e. The predicted octanol–water partition coefficient (Wildman–Crippen LogP) is 2.19. The lowest BCUT2D eigenvalue weighted by Gasteiger charge is -2.33. The number of amides is 1. The maximum absolute atomic E-state index is 11.9. The molecule has 1 heterocycles. The van der Waals surface area contributed by atoms with Gasteiger partial charge in [0.2, 0.25) is 0 Å². The Bertz CT molecular complexity index is 510. The number of hydrogen-bond donors (Lipinski definition) is 1. The molecular weight excluding hydrogens is 316 g/mol. The summed E-state index contributed by atoms with van der Waals surface area (Å²) in [6, 6.07) is 7.11. The third-order valence-corrected chi connectivity index (χ3v) is 3.88. The van der Waals surface area contributed by atoms with Crippen molar-refractivity contribution < 1.29 is 14.3 Å². The smallest absolute Gasteiger partial charge is 0.258 e. The molecule has 0 aromatic heterocycles. The summed E-state index contributed by atoms with van der Waals surface area (Å²) < 4.78 is 11.1. The zero-order valence-corrected chi connectivity index (χ0v) is 14.5. The van der Waals surface area contributed by atoms with E-state index in [4.69, 9.17) is 21.1 Å². The van der Waals surface area contributed by atoms with Crippen LogP contribution in [0.25, 0.3) is 0 Å². The quantitative estimate of drug-likeness (QED) is 0.826. The predicted molar refractivity (Wildman–Crippen MR) is 91.0 cm³/mol. The number of halogens is 1. The Balaban J connectivity index is 1.69. The lowest BCUT2D eigenvalue weighted by atomic mass is 10.2. The highest BCUT2D eigenvalue weighted by atomic mass is 35.5. The summed E-state index contributed by atoms with van der Waals surface area (Å²) in [5.74, 6) is 0.975. The highest BCUT2D eigenvalue weighted by Crippen LogP contribution is 2.22. The fourth-order valence-electron chi connectivity index (χ4n) is 2.57. The average molecular weight is 341 g/mol. The fourth-order valence-corrected chi connectivity index (χ4v) is 2.76. The molecule has 0 bridgehead atoms. The molecule has 0 saturated carbocycles. The van der Waals surface area contributed by atoms with E-state index in [0.717, 1.165) is 19.6 Å². The zero-order chi connectivity index (χ0) is 16.7. The van der Waals surface area contributed by atoms with Crippen molar-refractivity contribution in [3.63, 3.8) is 0 Å². The minimum absolute atomic E-state index is 0.0340. The van der Waals surface area contributed by atoms with Crippen molar-refractivity contribution >= 4 is 17.5 Å². The molecule has 1 aliphatic rings. The molecule has 1 unspecified atom stereocenters. The first kappa shape index (κ1) is 18.0. The fraction of sp³-hybridized carbons (Fsp3) is 0.588. The number of benzene rings is 1. The van der Waals surface area contributed by atoms with Crippen molar-refractivity contribution in [2.45, 2.75) is 20.0 Å². The first-order chi connectivity index (χ1) is 11.0. The molecule has 1 fully saturated rings. The number of ether oxygens (including phenoxy) is 2. The summed E-state index contributed by atoms with van der Waals surface area (Å²) in [7, 11) is 0. The Morgan fingerprint density at radius 2 is 2.26 bits per heavy atom. The summed E-state index contributed by atoms with van der Waals surface area (Å²) in [6.07, 6.45) is 0.0340. The van der Waals surface area contributed by atoms with Crippen LogP contribution < -0.4 is 10.1 Å². The van der Waals surface area contributed by atoms with Crippen LogP contribution in [0.15, 0.2) is 24.3 Å². The number of carbonyl (C=O) groups is 1. The van der Waals surface area contributed by atoms with E-state index >= 15 is 0 Å². The van der Waals surface area contributed by atoms with Crippen LogP contribution in [0.3, 0.4) is 0 Å². The monoisotopic (exact) mass is 340 g/mol. The third kappa shape index (κ3) is 6.37. The van der Waals surface area contributed by atoms with Gasteiger partial charge in [-0.25, -0.2) is 0 Å². The van der Waals surface area contributed by atoms with Gasteiger partial charge in [0.05, 0.1) is 17.7 Å². The minimum atomic E-state index is -0.172. The van der Waals surface area contributed by atoms with Gasteiger partial charge in [0.1, 0.15) is 5.75 Å². The second-order valence-corrected chi connectivity index (χ2v) is 6.58. The van der Waals surface area contributed by atoms with E-state index in [2.05, 4.69) is 24.1 Å². The standard InChI is InChI=1S/C17H25ClN2O3/c1-13(2)10-20-7-8-22-14(11-20)9-19-17(21)12-23-16-6-4-3-5-15(16)18/h3-6,13-14H,7-12H2,1-2H3,(H,19,21). The van der Waals surface area contributed by atoms with E-state index < -0.39 is 0 Å². The number of nitrogens with zero attached hydrogens (tertiary/aromatic N) is 1. The van der Waals surface area contributed by atoms with Gasteiger partial charge in [-0.15, -0.1) is 0 Å². The van der Waals surface area contributed by atoms with Crippen molar-refractivity contribution in [2.75, 3.05) is 39.4 Å². The van der Waals surface area contributed by atoms with Crippen molar-refractivity contribution in [1.82, 2.24) is 10.2 Å². The molecule has 128 valence electrons. The molecule has 1 aromatic rings. The van der Waals surface area contributed by atoms with Crippen molar-refractivity contribution in [1.29, 1.82) is 0 Å². The van der Waals surface area contributed by atoms with E-state index in [9.17, 15) is 4.79 Å². The van der Waals surface area contributed by atoms with Gasteiger partial charge in [0.15, 0.2) is 6.61 Å². The lowest BCUT2D eigenvalue weighted by Crippen LogP contribution is -2.48. The topological polar surface area (TPSA) is 50.8 Å². The molecule has 0 spiro atoms.